The summed E-state index contributed by atoms with van der Waals surface area (Å²) in [6.45, 7) is 0.676. The molecule has 0 saturated heterocycles. The van der Waals surface area contributed by atoms with Crippen molar-refractivity contribution in [1.29, 1.82) is 0 Å². The fourth-order valence-corrected chi connectivity index (χ4v) is 2.46. The van der Waals surface area contributed by atoms with Gasteiger partial charge in [0.1, 0.15) is 5.82 Å². The highest BCUT2D eigenvalue weighted by atomic mass is 35.5. The SMILES string of the molecule is CN(CC(=O)NCCc1ccc(Cl)cc1)CC(=O)Nc1ccc(F)cc1. The Balaban J connectivity index is 1.66. The smallest absolute Gasteiger partial charge is 0.238 e. The molecule has 0 radical (unpaired) electrons. The van der Waals surface area contributed by atoms with Crippen molar-refractivity contribution >= 4 is 29.1 Å². The van der Waals surface area contributed by atoms with Gasteiger partial charge in [0.25, 0.3) is 0 Å². The third kappa shape index (κ3) is 7.21. The zero-order valence-electron chi connectivity index (χ0n) is 14.5. The van der Waals surface area contributed by atoms with Crippen molar-refractivity contribution in [2.24, 2.45) is 0 Å². The molecule has 26 heavy (non-hydrogen) atoms. The Morgan fingerprint density at radius 2 is 1.62 bits per heavy atom. The molecule has 0 spiro atoms. The van der Waals surface area contributed by atoms with Crippen LogP contribution < -0.4 is 10.6 Å². The van der Waals surface area contributed by atoms with Gasteiger partial charge in [0.15, 0.2) is 0 Å². The number of anilines is 1. The van der Waals surface area contributed by atoms with Gasteiger partial charge in [-0.05, 0) is 55.4 Å². The highest BCUT2D eigenvalue weighted by Gasteiger charge is 2.11. The second-order valence-corrected chi connectivity index (χ2v) is 6.39. The second-order valence-electron chi connectivity index (χ2n) is 5.95. The van der Waals surface area contributed by atoms with E-state index in [1.807, 2.05) is 24.3 Å². The minimum atomic E-state index is -0.365. The standard InChI is InChI=1S/C19H21ClFN3O2/c1-24(13-19(26)23-17-8-6-16(21)7-9-17)12-18(25)22-11-10-14-2-4-15(20)5-3-14/h2-9H,10-13H2,1H3,(H,22,25)(H,23,26). The van der Waals surface area contributed by atoms with E-state index in [4.69, 9.17) is 11.6 Å². The van der Waals surface area contributed by atoms with Gasteiger partial charge in [0, 0.05) is 17.3 Å². The Morgan fingerprint density at radius 1 is 1.00 bits per heavy atom. The van der Waals surface area contributed by atoms with E-state index in [0.29, 0.717) is 23.7 Å². The lowest BCUT2D eigenvalue weighted by molar-refractivity contribution is -0.122. The number of rotatable bonds is 8. The number of benzene rings is 2. The van der Waals surface area contributed by atoms with Gasteiger partial charge in [0.2, 0.25) is 11.8 Å². The monoisotopic (exact) mass is 377 g/mol. The van der Waals surface area contributed by atoms with E-state index >= 15 is 0 Å². The maximum atomic E-state index is 12.8. The van der Waals surface area contributed by atoms with E-state index in [2.05, 4.69) is 10.6 Å². The normalized spacial score (nSPS) is 10.6. The predicted octanol–water partition coefficient (Wildman–Crippen LogP) is 2.71. The van der Waals surface area contributed by atoms with E-state index in [0.717, 1.165) is 5.56 Å². The molecule has 0 unspecified atom stereocenters. The average Bonchev–Trinajstić information content (AvgIpc) is 2.58. The van der Waals surface area contributed by atoms with Crippen LogP contribution in [0.15, 0.2) is 48.5 Å². The summed E-state index contributed by atoms with van der Waals surface area (Å²) in [6, 6.07) is 13.0. The van der Waals surface area contributed by atoms with Crippen molar-refractivity contribution in [2.75, 3.05) is 32.0 Å². The molecule has 5 nitrogen and oxygen atoms in total. The molecular weight excluding hydrogens is 357 g/mol. The first-order valence-electron chi connectivity index (χ1n) is 8.17. The minimum absolute atomic E-state index is 0.0575. The van der Waals surface area contributed by atoms with E-state index < -0.39 is 0 Å². The number of hydrogen-bond donors (Lipinski definition) is 2. The van der Waals surface area contributed by atoms with Crippen LogP contribution in [-0.2, 0) is 16.0 Å². The zero-order chi connectivity index (χ0) is 18.9. The van der Waals surface area contributed by atoms with Crippen LogP contribution in [0.25, 0.3) is 0 Å². The summed E-state index contributed by atoms with van der Waals surface area (Å²) in [5.41, 5.74) is 1.60. The van der Waals surface area contributed by atoms with Crippen molar-refractivity contribution < 1.29 is 14.0 Å². The molecule has 0 heterocycles. The summed E-state index contributed by atoms with van der Waals surface area (Å²) in [4.78, 5) is 25.5. The molecule has 0 aliphatic carbocycles. The highest BCUT2D eigenvalue weighted by molar-refractivity contribution is 6.30. The van der Waals surface area contributed by atoms with E-state index in [-0.39, 0.29) is 30.7 Å². The number of halogens is 2. The Labute approximate surface area is 157 Å². The summed E-state index contributed by atoms with van der Waals surface area (Å²) in [7, 11) is 1.68. The van der Waals surface area contributed by atoms with E-state index in [9.17, 15) is 14.0 Å². The molecule has 0 bridgehead atoms. The maximum Gasteiger partial charge on any atom is 0.238 e. The van der Waals surface area contributed by atoms with Crippen molar-refractivity contribution in [2.45, 2.75) is 6.42 Å². The number of carbonyl (C=O) groups excluding carboxylic acids is 2. The highest BCUT2D eigenvalue weighted by Crippen LogP contribution is 2.09. The Kier molecular flexibility index (Phi) is 7.56. The number of amides is 2. The number of carbonyl (C=O) groups is 2. The van der Waals surface area contributed by atoms with Crippen LogP contribution in [0.4, 0.5) is 10.1 Å². The van der Waals surface area contributed by atoms with Crippen LogP contribution in [0.5, 0.6) is 0 Å². The van der Waals surface area contributed by atoms with Gasteiger partial charge >= 0.3 is 0 Å². The van der Waals surface area contributed by atoms with Crippen LogP contribution in [-0.4, -0.2) is 43.4 Å². The van der Waals surface area contributed by atoms with Gasteiger partial charge in [-0.1, -0.05) is 23.7 Å². The number of nitrogens with zero attached hydrogens (tertiary/aromatic N) is 1. The number of likely N-dealkylation sites (N-methyl/N-ethyl adjacent to an activating group) is 1. The molecule has 0 aliphatic heterocycles. The van der Waals surface area contributed by atoms with Crippen molar-refractivity contribution in [1.82, 2.24) is 10.2 Å². The van der Waals surface area contributed by atoms with Crippen LogP contribution in [0.1, 0.15) is 5.56 Å². The Hall–Kier alpha value is -2.44. The first-order valence-corrected chi connectivity index (χ1v) is 8.55. The second kappa shape index (κ2) is 9.89. The summed E-state index contributed by atoms with van der Waals surface area (Å²) in [5, 5.41) is 6.15. The summed E-state index contributed by atoms with van der Waals surface area (Å²) >= 11 is 5.83. The van der Waals surface area contributed by atoms with Gasteiger partial charge in [-0.25, -0.2) is 4.39 Å². The fraction of sp³-hybridized carbons (Fsp3) is 0.263. The van der Waals surface area contributed by atoms with Crippen LogP contribution in [0.2, 0.25) is 5.02 Å². The molecular formula is C19H21ClFN3O2. The lowest BCUT2D eigenvalue weighted by Crippen LogP contribution is -2.39. The molecule has 0 fully saturated rings. The van der Waals surface area contributed by atoms with Gasteiger partial charge < -0.3 is 10.6 Å². The predicted molar refractivity (Wildman–Crippen MR) is 101 cm³/mol. The molecule has 0 aliphatic rings. The molecule has 2 rings (SSSR count). The van der Waals surface area contributed by atoms with Gasteiger partial charge in [-0.15, -0.1) is 0 Å². The first kappa shape index (κ1) is 19.9. The maximum absolute atomic E-state index is 12.8. The van der Waals surface area contributed by atoms with Gasteiger partial charge in [-0.2, -0.15) is 0 Å². The first-order chi connectivity index (χ1) is 12.4. The molecule has 2 aromatic rings. The van der Waals surface area contributed by atoms with Gasteiger partial charge in [-0.3, -0.25) is 14.5 Å². The summed E-state index contributed by atoms with van der Waals surface area (Å²) in [6.07, 6.45) is 0.706. The molecule has 0 aromatic heterocycles. The third-order valence-electron chi connectivity index (χ3n) is 3.60. The Morgan fingerprint density at radius 3 is 2.27 bits per heavy atom. The minimum Gasteiger partial charge on any atom is -0.355 e. The number of hydrogen-bond acceptors (Lipinski definition) is 3. The molecule has 138 valence electrons. The van der Waals surface area contributed by atoms with Crippen molar-refractivity contribution in [3.8, 4) is 0 Å². The molecule has 0 saturated carbocycles. The van der Waals surface area contributed by atoms with E-state index in [1.54, 1.807) is 11.9 Å². The summed E-state index contributed by atoms with van der Waals surface area (Å²) in [5.74, 6) is -0.792. The van der Waals surface area contributed by atoms with Crippen LogP contribution in [0.3, 0.4) is 0 Å². The molecule has 2 aromatic carbocycles. The molecule has 0 atom stereocenters. The molecule has 2 amide bonds. The lowest BCUT2D eigenvalue weighted by atomic mass is 10.1. The molecule has 2 N–H and O–H groups in total. The lowest BCUT2D eigenvalue weighted by Gasteiger charge is -2.16. The van der Waals surface area contributed by atoms with Crippen LogP contribution >= 0.6 is 11.6 Å². The number of nitrogens with one attached hydrogen (secondary N) is 2. The average molecular weight is 378 g/mol. The molecule has 7 heteroatoms. The fourth-order valence-electron chi connectivity index (χ4n) is 2.33. The van der Waals surface area contributed by atoms with Gasteiger partial charge in [0.05, 0.1) is 13.1 Å². The van der Waals surface area contributed by atoms with Crippen LogP contribution in [0, 0.1) is 5.82 Å². The quantitative estimate of drug-likeness (QED) is 0.743. The van der Waals surface area contributed by atoms with Crippen molar-refractivity contribution in [3.63, 3.8) is 0 Å². The topological polar surface area (TPSA) is 61.4 Å². The third-order valence-corrected chi connectivity index (χ3v) is 3.86. The summed E-state index contributed by atoms with van der Waals surface area (Å²) < 4.78 is 12.8. The van der Waals surface area contributed by atoms with E-state index in [1.165, 1.54) is 24.3 Å². The van der Waals surface area contributed by atoms with Crippen molar-refractivity contribution in [3.05, 3.63) is 64.9 Å². The Bertz CT molecular complexity index is 735. The zero-order valence-corrected chi connectivity index (χ0v) is 15.2. The largest absolute Gasteiger partial charge is 0.355 e.